The van der Waals surface area contributed by atoms with Gasteiger partial charge in [-0.1, -0.05) is 39.3 Å². The molecule has 0 fully saturated rings. The number of aliphatic hydroxyl groups excluding tert-OH is 1. The van der Waals surface area contributed by atoms with Crippen LogP contribution in [0.5, 0.6) is 0 Å². The quantitative estimate of drug-likeness (QED) is 0.312. The summed E-state index contributed by atoms with van der Waals surface area (Å²) in [6, 6.07) is 0. The van der Waals surface area contributed by atoms with Crippen LogP contribution >= 0.6 is 0 Å². The molecule has 0 bridgehead atoms. The van der Waals surface area contributed by atoms with Crippen molar-refractivity contribution < 1.29 is 5.11 Å². The summed E-state index contributed by atoms with van der Waals surface area (Å²) < 4.78 is 0. The molecule has 19 heavy (non-hydrogen) atoms. The van der Waals surface area contributed by atoms with E-state index in [4.69, 9.17) is 0 Å². The lowest BCUT2D eigenvalue weighted by atomic mass is 9.85. The van der Waals surface area contributed by atoms with Crippen LogP contribution in [0, 0.1) is 11.8 Å². The highest BCUT2D eigenvalue weighted by molar-refractivity contribution is 7.95. The minimum atomic E-state index is -0.0801. The number of thiol groups is 1. The van der Waals surface area contributed by atoms with Crippen molar-refractivity contribution >= 4 is 15.9 Å². The monoisotopic (exact) mass is 285 g/mol. The van der Waals surface area contributed by atoms with Crippen molar-refractivity contribution in [2.24, 2.45) is 11.8 Å². The van der Waals surface area contributed by atoms with Crippen LogP contribution in [0.2, 0.25) is 0 Å². The highest BCUT2D eigenvalue weighted by Crippen LogP contribution is 2.26. The third-order valence-corrected chi connectivity index (χ3v) is 6.53. The Bertz CT molecular complexity index is 296. The summed E-state index contributed by atoms with van der Waals surface area (Å²) in [5.41, 5.74) is 0. The highest BCUT2D eigenvalue weighted by Gasteiger charge is 2.24. The van der Waals surface area contributed by atoms with Crippen LogP contribution in [-0.2, 0) is 10.5 Å². The number of hydrogen-bond donors (Lipinski definition) is 1. The maximum atomic E-state index is 10.5. The van der Waals surface area contributed by atoms with Gasteiger partial charge in [-0.25, -0.2) is 0 Å². The molecule has 0 aromatic rings. The minimum absolute atomic E-state index is 0.0500. The molecule has 0 aliphatic heterocycles. The largest absolute Gasteiger partial charge is 0.388 e. The van der Waals surface area contributed by atoms with E-state index in [2.05, 4.69) is 38.3 Å². The number of aliphatic hydroxyl groups is 1. The molecule has 0 radical (unpaired) electrons. The van der Waals surface area contributed by atoms with Gasteiger partial charge in [-0.3, -0.25) is 0 Å². The zero-order valence-corrected chi connectivity index (χ0v) is 13.9. The van der Waals surface area contributed by atoms with Gasteiger partial charge in [0, 0.05) is 6.42 Å². The van der Waals surface area contributed by atoms with Gasteiger partial charge in [-0.2, -0.15) is 0 Å². The Morgan fingerprint density at radius 3 is 2.79 bits per heavy atom. The molecule has 0 heterocycles. The number of rotatable bonds is 8. The van der Waals surface area contributed by atoms with Gasteiger partial charge in [0.05, 0.1) is 23.0 Å². The predicted molar refractivity (Wildman–Crippen MR) is 91.4 cm³/mol. The lowest BCUT2D eigenvalue weighted by Gasteiger charge is -2.26. The minimum Gasteiger partial charge on any atom is -0.388 e. The van der Waals surface area contributed by atoms with Crippen LogP contribution < -0.4 is 0 Å². The molecular weight excluding hydrogens is 252 g/mol. The Kier molecular flexibility index (Phi) is 8.72. The maximum Gasteiger partial charge on any atom is 0.0989 e. The molecule has 0 aromatic carbocycles. The van der Waals surface area contributed by atoms with Crippen molar-refractivity contribution in [1.29, 1.82) is 0 Å². The standard InChI is InChI=1S/C17H32OS/c1-4-6-11-19(12-7-5-2)14-17(18)16-10-8-9-15(3)13-16/h8-9,11,15-18H,4-7,10,12-14H2,1-3H3/p+1. The van der Waals surface area contributed by atoms with E-state index in [9.17, 15) is 5.11 Å². The fourth-order valence-corrected chi connectivity index (χ4v) is 5.41. The van der Waals surface area contributed by atoms with Crippen LogP contribution in [-0.4, -0.2) is 28.1 Å². The van der Waals surface area contributed by atoms with Gasteiger partial charge in [-0.05, 0) is 37.5 Å². The Morgan fingerprint density at radius 2 is 2.16 bits per heavy atom. The second kappa shape index (κ2) is 9.77. The maximum absolute atomic E-state index is 10.5. The van der Waals surface area contributed by atoms with Gasteiger partial charge in [0.2, 0.25) is 0 Å². The average molecular weight is 286 g/mol. The van der Waals surface area contributed by atoms with Gasteiger partial charge in [-0.15, -0.1) is 10.5 Å². The summed E-state index contributed by atoms with van der Waals surface area (Å²) >= 11 is 0. The van der Waals surface area contributed by atoms with E-state index in [1.54, 1.807) is 0 Å². The Labute approximate surface area is 122 Å². The van der Waals surface area contributed by atoms with E-state index in [-0.39, 0.29) is 16.6 Å². The zero-order chi connectivity index (χ0) is 14.1. The van der Waals surface area contributed by atoms with E-state index < -0.39 is 0 Å². The van der Waals surface area contributed by atoms with E-state index in [1.165, 1.54) is 37.9 Å². The van der Waals surface area contributed by atoms with Crippen molar-refractivity contribution in [1.82, 2.24) is 0 Å². The summed E-state index contributed by atoms with van der Waals surface area (Å²) in [6.45, 7) is 6.77. The third-order valence-electron chi connectivity index (χ3n) is 4.02. The normalized spacial score (nSPS) is 26.5. The van der Waals surface area contributed by atoms with Gasteiger partial charge in [0.25, 0.3) is 0 Å². The lowest BCUT2D eigenvalue weighted by Crippen LogP contribution is -2.30. The van der Waals surface area contributed by atoms with Crippen LogP contribution in [0.1, 0.15) is 59.3 Å². The number of allylic oxidation sites excluding steroid dienone is 2. The molecule has 4 unspecified atom stereocenters. The van der Waals surface area contributed by atoms with Crippen LogP contribution in [0.4, 0.5) is 0 Å². The molecule has 1 N–H and O–H groups in total. The summed E-state index contributed by atoms with van der Waals surface area (Å²) in [5, 5.41) is 13.0. The van der Waals surface area contributed by atoms with E-state index in [1.807, 2.05) is 0 Å². The first kappa shape index (κ1) is 17.0. The SMILES string of the molecule is CCCC=[SH+](CCCC)CC(O)C1CC=CC(C)C1. The smallest absolute Gasteiger partial charge is 0.0989 e. The molecule has 1 nitrogen and oxygen atoms in total. The number of unbranched alkanes of at least 4 members (excludes halogenated alkanes) is 2. The fourth-order valence-electron chi connectivity index (χ4n) is 2.77. The molecule has 1 aliphatic carbocycles. The second-order valence-electron chi connectivity index (χ2n) is 6.02. The van der Waals surface area contributed by atoms with Crippen molar-refractivity contribution in [3.63, 3.8) is 0 Å². The van der Waals surface area contributed by atoms with Crippen molar-refractivity contribution in [2.45, 2.75) is 65.4 Å². The summed E-state index contributed by atoms with van der Waals surface area (Å²) in [7, 11) is -0.0500. The molecular formula is C17H33OS+. The van der Waals surface area contributed by atoms with E-state index >= 15 is 0 Å². The van der Waals surface area contributed by atoms with Crippen molar-refractivity contribution in [3.05, 3.63) is 12.2 Å². The Balaban J connectivity index is 2.49. The predicted octanol–water partition coefficient (Wildman–Crippen LogP) is 3.70. The van der Waals surface area contributed by atoms with Gasteiger partial charge in [0.15, 0.2) is 0 Å². The van der Waals surface area contributed by atoms with Gasteiger partial charge < -0.3 is 5.11 Å². The molecule has 0 saturated heterocycles. The Hall–Kier alpha value is -0.0800. The van der Waals surface area contributed by atoms with Crippen molar-refractivity contribution in [2.75, 3.05) is 11.5 Å². The molecule has 1 aliphatic rings. The van der Waals surface area contributed by atoms with E-state index in [0.29, 0.717) is 11.8 Å². The third kappa shape index (κ3) is 6.76. The summed E-state index contributed by atoms with van der Waals surface area (Å²) in [6.07, 6.45) is 11.8. The average Bonchev–Trinajstić information content (AvgIpc) is 2.41. The zero-order valence-electron chi connectivity index (χ0n) is 13.0. The fraction of sp³-hybridized carbons (Fsp3) is 0.824. The van der Waals surface area contributed by atoms with E-state index in [0.717, 1.165) is 12.2 Å². The Morgan fingerprint density at radius 1 is 1.37 bits per heavy atom. The molecule has 4 atom stereocenters. The molecule has 0 aromatic heterocycles. The summed E-state index contributed by atoms with van der Waals surface area (Å²) in [4.78, 5) is 0. The molecule has 1 rings (SSSR count). The molecule has 0 saturated carbocycles. The van der Waals surface area contributed by atoms with Gasteiger partial charge in [0.1, 0.15) is 0 Å². The molecule has 0 amide bonds. The lowest BCUT2D eigenvalue weighted by molar-refractivity contribution is 0.116. The topological polar surface area (TPSA) is 20.2 Å². The highest BCUT2D eigenvalue weighted by atomic mass is 32.2. The van der Waals surface area contributed by atoms with Crippen molar-refractivity contribution in [3.8, 4) is 0 Å². The second-order valence-corrected chi connectivity index (χ2v) is 8.38. The number of hydrogen-bond acceptors (Lipinski definition) is 1. The first-order chi connectivity index (χ1) is 9.17. The molecule has 2 heteroatoms. The summed E-state index contributed by atoms with van der Waals surface area (Å²) in [5.74, 6) is 3.51. The molecule has 112 valence electrons. The molecule has 0 spiro atoms. The van der Waals surface area contributed by atoms with Crippen LogP contribution in [0.3, 0.4) is 0 Å². The van der Waals surface area contributed by atoms with Crippen LogP contribution in [0.25, 0.3) is 0 Å². The van der Waals surface area contributed by atoms with Crippen LogP contribution in [0.15, 0.2) is 12.2 Å². The first-order valence-electron chi connectivity index (χ1n) is 8.09. The van der Waals surface area contributed by atoms with Gasteiger partial charge >= 0.3 is 0 Å². The first-order valence-corrected chi connectivity index (χ1v) is 9.87.